The fourth-order valence-corrected chi connectivity index (χ4v) is 4.59. The minimum atomic E-state index is -0.124. The number of fused-ring (bicyclic) bond motifs is 1. The fourth-order valence-electron chi connectivity index (χ4n) is 4.59. The summed E-state index contributed by atoms with van der Waals surface area (Å²) in [5, 5.41) is 0. The number of ether oxygens (including phenoxy) is 1. The summed E-state index contributed by atoms with van der Waals surface area (Å²) in [6, 6.07) is 6.81. The lowest BCUT2D eigenvalue weighted by molar-refractivity contribution is -0.136. The van der Waals surface area contributed by atoms with Crippen LogP contribution in [0.2, 0.25) is 0 Å². The molecular weight excluding hydrogens is 326 g/mol. The van der Waals surface area contributed by atoms with Gasteiger partial charge in [-0.25, -0.2) is 0 Å². The Hall–Kier alpha value is -1.43. The number of hydrogen-bond acceptors (Lipinski definition) is 5. The van der Waals surface area contributed by atoms with E-state index in [9.17, 15) is 4.79 Å². The van der Waals surface area contributed by atoms with Crippen molar-refractivity contribution in [3.8, 4) is 5.75 Å². The molecule has 0 amide bonds. The van der Waals surface area contributed by atoms with Crippen LogP contribution in [0.3, 0.4) is 0 Å². The molecule has 0 atom stereocenters. The molecule has 4 rings (SSSR count). The summed E-state index contributed by atoms with van der Waals surface area (Å²) >= 11 is 0. The van der Waals surface area contributed by atoms with Gasteiger partial charge in [0.2, 0.25) is 0 Å². The molecule has 26 heavy (non-hydrogen) atoms. The molecule has 0 unspecified atom stereocenters. The minimum Gasteiger partial charge on any atom is -0.426 e. The van der Waals surface area contributed by atoms with Gasteiger partial charge in [0.25, 0.3) is 0 Å². The lowest BCUT2D eigenvalue weighted by Gasteiger charge is -2.41. The van der Waals surface area contributed by atoms with Gasteiger partial charge in [-0.1, -0.05) is 6.07 Å². The normalized spacial score (nSPS) is 23.1. The van der Waals surface area contributed by atoms with Gasteiger partial charge in [0.05, 0.1) is 6.54 Å². The van der Waals surface area contributed by atoms with Crippen molar-refractivity contribution in [3.05, 3.63) is 29.3 Å². The molecule has 0 saturated carbocycles. The number of rotatable bonds is 4. The zero-order valence-electron chi connectivity index (χ0n) is 16.0. The van der Waals surface area contributed by atoms with E-state index < -0.39 is 0 Å². The maximum Gasteiger partial charge on any atom is 0.325 e. The molecule has 2 aliphatic heterocycles. The Labute approximate surface area is 156 Å². The number of piperidine rings is 1. The van der Waals surface area contributed by atoms with E-state index >= 15 is 0 Å². The Balaban J connectivity index is 1.22. The van der Waals surface area contributed by atoms with Crippen molar-refractivity contribution in [2.75, 3.05) is 52.9 Å². The molecule has 0 radical (unpaired) electrons. The van der Waals surface area contributed by atoms with Gasteiger partial charge in [0, 0.05) is 45.3 Å². The average molecular weight is 357 g/mol. The molecule has 5 heteroatoms. The first-order valence-electron chi connectivity index (χ1n) is 10.1. The molecule has 0 bridgehead atoms. The molecular formula is C21H31N3O2. The highest BCUT2D eigenvalue weighted by Crippen LogP contribution is 2.26. The highest BCUT2D eigenvalue weighted by atomic mass is 16.5. The fraction of sp³-hybridized carbons (Fsp3) is 0.667. The van der Waals surface area contributed by atoms with Crippen LogP contribution in [0.1, 0.15) is 30.4 Å². The van der Waals surface area contributed by atoms with Crippen LogP contribution >= 0.6 is 0 Å². The number of likely N-dealkylation sites (tertiary alicyclic amines) is 1. The maximum absolute atomic E-state index is 12.3. The summed E-state index contributed by atoms with van der Waals surface area (Å²) in [5.74, 6) is 0.587. The van der Waals surface area contributed by atoms with Crippen molar-refractivity contribution < 1.29 is 9.53 Å². The van der Waals surface area contributed by atoms with Gasteiger partial charge >= 0.3 is 5.97 Å². The minimum absolute atomic E-state index is 0.124. The zero-order chi connectivity index (χ0) is 17.9. The lowest BCUT2D eigenvalue weighted by atomic mass is 10.0. The summed E-state index contributed by atoms with van der Waals surface area (Å²) in [6.45, 7) is 7.11. The first-order chi connectivity index (χ1) is 12.7. The Kier molecular flexibility index (Phi) is 5.57. The van der Waals surface area contributed by atoms with Gasteiger partial charge in [0.15, 0.2) is 0 Å². The van der Waals surface area contributed by atoms with E-state index in [0.717, 1.165) is 38.8 Å². The van der Waals surface area contributed by atoms with Crippen LogP contribution in [0.15, 0.2) is 18.2 Å². The zero-order valence-corrected chi connectivity index (χ0v) is 16.0. The summed E-state index contributed by atoms with van der Waals surface area (Å²) in [4.78, 5) is 19.6. The van der Waals surface area contributed by atoms with Crippen molar-refractivity contribution >= 4 is 5.97 Å². The second-order valence-electron chi connectivity index (χ2n) is 8.10. The molecule has 3 aliphatic rings. The van der Waals surface area contributed by atoms with E-state index in [0.29, 0.717) is 18.3 Å². The van der Waals surface area contributed by atoms with Gasteiger partial charge in [-0.3, -0.25) is 14.6 Å². The van der Waals surface area contributed by atoms with Crippen LogP contribution in [0, 0.1) is 0 Å². The van der Waals surface area contributed by atoms with Crippen molar-refractivity contribution in [2.24, 2.45) is 0 Å². The third kappa shape index (κ3) is 4.27. The summed E-state index contributed by atoms with van der Waals surface area (Å²) < 4.78 is 5.60. The molecule has 1 aromatic rings. The highest BCUT2D eigenvalue weighted by molar-refractivity contribution is 5.74. The Morgan fingerprint density at radius 1 is 1.04 bits per heavy atom. The third-order valence-corrected chi connectivity index (χ3v) is 6.27. The van der Waals surface area contributed by atoms with E-state index in [-0.39, 0.29) is 5.97 Å². The number of benzene rings is 1. The van der Waals surface area contributed by atoms with Crippen molar-refractivity contribution in [1.29, 1.82) is 0 Å². The van der Waals surface area contributed by atoms with E-state index in [4.69, 9.17) is 4.74 Å². The van der Waals surface area contributed by atoms with E-state index in [1.165, 1.54) is 43.7 Å². The second kappa shape index (κ2) is 8.07. The standard InChI is InChI=1S/C21H31N3O2/c1-22-11-13-24(14-12-22)19-7-9-23(10-8-19)16-21(25)26-20-6-5-17-3-2-4-18(17)15-20/h5-6,15,19H,2-4,7-14,16H2,1H3. The van der Waals surface area contributed by atoms with Crippen LogP contribution < -0.4 is 4.74 Å². The van der Waals surface area contributed by atoms with Crippen LogP contribution in [-0.2, 0) is 17.6 Å². The van der Waals surface area contributed by atoms with Gasteiger partial charge in [0.1, 0.15) is 5.75 Å². The smallest absolute Gasteiger partial charge is 0.325 e. The number of carbonyl (C=O) groups is 1. The number of piperazine rings is 1. The van der Waals surface area contributed by atoms with E-state index in [1.807, 2.05) is 6.07 Å². The Morgan fingerprint density at radius 2 is 1.77 bits per heavy atom. The van der Waals surface area contributed by atoms with Gasteiger partial charge < -0.3 is 9.64 Å². The van der Waals surface area contributed by atoms with Gasteiger partial charge in [-0.05, 0) is 62.4 Å². The summed E-state index contributed by atoms with van der Waals surface area (Å²) in [5.41, 5.74) is 2.76. The molecule has 5 nitrogen and oxygen atoms in total. The second-order valence-corrected chi connectivity index (χ2v) is 8.10. The number of hydrogen-bond donors (Lipinski definition) is 0. The first-order valence-corrected chi connectivity index (χ1v) is 10.1. The molecule has 2 saturated heterocycles. The van der Waals surface area contributed by atoms with Crippen LogP contribution in [0.25, 0.3) is 0 Å². The number of nitrogens with zero attached hydrogens (tertiary/aromatic N) is 3. The predicted molar refractivity (Wildman–Crippen MR) is 103 cm³/mol. The van der Waals surface area contributed by atoms with Gasteiger partial charge in [-0.2, -0.15) is 0 Å². The van der Waals surface area contributed by atoms with E-state index in [2.05, 4.69) is 33.9 Å². The molecule has 0 aromatic heterocycles. The number of esters is 1. The predicted octanol–water partition coefficient (Wildman–Crippen LogP) is 1.79. The molecule has 2 fully saturated rings. The molecule has 0 N–H and O–H groups in total. The number of likely N-dealkylation sites (N-methyl/N-ethyl adjacent to an activating group) is 1. The molecule has 142 valence electrons. The summed E-state index contributed by atoms with van der Waals surface area (Å²) in [7, 11) is 2.20. The van der Waals surface area contributed by atoms with Crippen molar-refractivity contribution in [1.82, 2.24) is 14.7 Å². The van der Waals surface area contributed by atoms with Crippen LogP contribution in [0.4, 0.5) is 0 Å². The highest BCUT2D eigenvalue weighted by Gasteiger charge is 2.27. The van der Waals surface area contributed by atoms with Crippen LogP contribution in [0.5, 0.6) is 5.75 Å². The maximum atomic E-state index is 12.3. The Bertz CT molecular complexity index is 632. The third-order valence-electron chi connectivity index (χ3n) is 6.27. The number of carbonyl (C=O) groups excluding carboxylic acids is 1. The molecule has 2 heterocycles. The quantitative estimate of drug-likeness (QED) is 0.607. The molecule has 1 aliphatic carbocycles. The van der Waals surface area contributed by atoms with Gasteiger partial charge in [-0.15, -0.1) is 0 Å². The van der Waals surface area contributed by atoms with Crippen molar-refractivity contribution in [2.45, 2.75) is 38.1 Å². The van der Waals surface area contributed by atoms with E-state index in [1.54, 1.807) is 0 Å². The Morgan fingerprint density at radius 3 is 2.54 bits per heavy atom. The summed E-state index contributed by atoms with van der Waals surface area (Å²) in [6.07, 6.45) is 5.81. The lowest BCUT2D eigenvalue weighted by Crippen LogP contribution is -2.52. The van der Waals surface area contributed by atoms with Crippen molar-refractivity contribution in [3.63, 3.8) is 0 Å². The molecule has 0 spiro atoms. The topological polar surface area (TPSA) is 36.0 Å². The SMILES string of the molecule is CN1CCN(C2CCN(CC(=O)Oc3ccc4c(c3)CCC4)CC2)CC1. The molecule has 1 aromatic carbocycles. The average Bonchev–Trinajstić information content (AvgIpc) is 3.11. The largest absolute Gasteiger partial charge is 0.426 e. The number of aryl methyl sites for hydroxylation is 2. The van der Waals surface area contributed by atoms with Crippen LogP contribution in [-0.4, -0.2) is 79.6 Å². The first kappa shape index (κ1) is 18.0. The monoisotopic (exact) mass is 357 g/mol.